The Kier molecular flexibility index (Phi) is 6.13. The number of nitrogens with one attached hydrogen (secondary N) is 1. The van der Waals surface area contributed by atoms with Gasteiger partial charge in [-0.1, -0.05) is 36.0 Å². The SMILES string of the molecule is C=CCn1c(SCC(=O)Nc2c(C)n(C)n(-c3ccccc3)c2=O)nnc1-c1ccco1. The highest BCUT2D eigenvalue weighted by Gasteiger charge is 2.20. The van der Waals surface area contributed by atoms with Gasteiger partial charge in [-0.25, -0.2) is 4.68 Å². The summed E-state index contributed by atoms with van der Waals surface area (Å²) in [4.78, 5) is 25.6. The highest BCUT2D eigenvalue weighted by molar-refractivity contribution is 7.99. The Labute approximate surface area is 188 Å². The van der Waals surface area contributed by atoms with Crippen LogP contribution in [0.3, 0.4) is 0 Å². The molecular formula is C22H22N6O3S. The van der Waals surface area contributed by atoms with Crippen LogP contribution in [-0.4, -0.2) is 35.8 Å². The van der Waals surface area contributed by atoms with Gasteiger partial charge in [0.1, 0.15) is 5.69 Å². The van der Waals surface area contributed by atoms with Crippen LogP contribution in [0.15, 0.2) is 75.8 Å². The average molecular weight is 451 g/mol. The minimum atomic E-state index is -0.311. The van der Waals surface area contributed by atoms with Crippen molar-refractivity contribution < 1.29 is 9.21 Å². The maximum atomic E-state index is 13.0. The van der Waals surface area contributed by atoms with Crippen LogP contribution in [-0.2, 0) is 18.4 Å². The molecule has 9 nitrogen and oxygen atoms in total. The molecular weight excluding hydrogens is 428 g/mol. The van der Waals surface area contributed by atoms with Crippen LogP contribution in [0.1, 0.15) is 5.69 Å². The Hall–Kier alpha value is -3.79. The predicted octanol–water partition coefficient (Wildman–Crippen LogP) is 3.25. The van der Waals surface area contributed by atoms with Crippen molar-refractivity contribution in [3.8, 4) is 17.3 Å². The van der Waals surface area contributed by atoms with Crippen LogP contribution < -0.4 is 10.9 Å². The quantitative estimate of drug-likeness (QED) is 0.327. The topological polar surface area (TPSA) is 99.9 Å². The van der Waals surface area contributed by atoms with Gasteiger partial charge in [0.05, 0.1) is 23.4 Å². The zero-order valence-corrected chi connectivity index (χ0v) is 18.5. The van der Waals surface area contributed by atoms with Gasteiger partial charge in [0, 0.05) is 13.6 Å². The van der Waals surface area contributed by atoms with Gasteiger partial charge in [-0.2, -0.15) is 0 Å². The first kappa shape index (κ1) is 21.4. The lowest BCUT2D eigenvalue weighted by Crippen LogP contribution is -2.23. The summed E-state index contributed by atoms with van der Waals surface area (Å²) in [5, 5.41) is 11.7. The zero-order chi connectivity index (χ0) is 22.7. The van der Waals surface area contributed by atoms with Crippen molar-refractivity contribution in [2.75, 3.05) is 11.1 Å². The number of carbonyl (C=O) groups is 1. The molecule has 0 unspecified atom stereocenters. The second-order valence-electron chi connectivity index (χ2n) is 6.96. The van der Waals surface area contributed by atoms with Gasteiger partial charge in [0.15, 0.2) is 10.9 Å². The number of para-hydroxylation sites is 1. The number of benzene rings is 1. The standard InChI is InChI=1S/C22H22N6O3S/c1-4-12-27-20(17-11-8-13-31-17)24-25-22(27)32-14-18(29)23-19-15(2)26(3)28(21(19)30)16-9-6-5-7-10-16/h4-11,13H,1,12,14H2,2-3H3,(H,23,29). The molecule has 4 aromatic rings. The smallest absolute Gasteiger partial charge is 0.295 e. The van der Waals surface area contributed by atoms with E-state index >= 15 is 0 Å². The molecule has 0 atom stereocenters. The van der Waals surface area contributed by atoms with E-state index in [-0.39, 0.29) is 22.9 Å². The van der Waals surface area contributed by atoms with Crippen LogP contribution in [0.2, 0.25) is 0 Å². The molecule has 4 rings (SSSR count). The van der Waals surface area contributed by atoms with Crippen molar-refractivity contribution in [3.05, 3.63) is 77.4 Å². The Balaban J connectivity index is 1.51. The van der Waals surface area contributed by atoms with Crippen molar-refractivity contribution in [2.45, 2.75) is 18.6 Å². The molecule has 10 heteroatoms. The minimum Gasteiger partial charge on any atom is -0.461 e. The largest absolute Gasteiger partial charge is 0.461 e. The van der Waals surface area contributed by atoms with Crippen LogP contribution in [0.4, 0.5) is 5.69 Å². The number of aromatic nitrogens is 5. The number of allylic oxidation sites excluding steroid dienone is 1. The number of anilines is 1. The fourth-order valence-corrected chi connectivity index (χ4v) is 4.04. The number of rotatable bonds is 8. The normalized spacial score (nSPS) is 10.9. The fourth-order valence-electron chi connectivity index (χ4n) is 3.30. The molecule has 0 radical (unpaired) electrons. The van der Waals surface area contributed by atoms with E-state index in [0.29, 0.717) is 29.0 Å². The van der Waals surface area contributed by atoms with Crippen molar-refractivity contribution in [2.24, 2.45) is 7.05 Å². The first-order valence-electron chi connectivity index (χ1n) is 9.86. The molecule has 1 N–H and O–H groups in total. The van der Waals surface area contributed by atoms with Crippen LogP contribution >= 0.6 is 11.8 Å². The number of carbonyl (C=O) groups excluding carboxylic acids is 1. The summed E-state index contributed by atoms with van der Waals surface area (Å²) >= 11 is 1.22. The third-order valence-electron chi connectivity index (χ3n) is 4.92. The molecule has 1 amide bonds. The highest BCUT2D eigenvalue weighted by atomic mass is 32.2. The van der Waals surface area contributed by atoms with Gasteiger partial charge >= 0.3 is 0 Å². The average Bonchev–Trinajstić information content (AvgIpc) is 3.50. The molecule has 0 fully saturated rings. The molecule has 0 aliphatic carbocycles. The fraction of sp³-hybridized carbons (Fsp3) is 0.182. The van der Waals surface area contributed by atoms with Gasteiger partial charge in [-0.15, -0.1) is 16.8 Å². The number of amides is 1. The van der Waals surface area contributed by atoms with Gasteiger partial charge in [-0.05, 0) is 31.2 Å². The van der Waals surface area contributed by atoms with E-state index in [1.165, 1.54) is 16.4 Å². The lowest BCUT2D eigenvalue weighted by atomic mass is 10.3. The maximum Gasteiger partial charge on any atom is 0.295 e. The Bertz CT molecular complexity index is 1300. The molecule has 3 aromatic heterocycles. The molecule has 164 valence electrons. The van der Waals surface area contributed by atoms with E-state index in [2.05, 4.69) is 22.1 Å². The summed E-state index contributed by atoms with van der Waals surface area (Å²) in [7, 11) is 1.78. The van der Waals surface area contributed by atoms with Gasteiger partial charge < -0.3 is 9.73 Å². The first-order valence-corrected chi connectivity index (χ1v) is 10.8. The van der Waals surface area contributed by atoms with Gasteiger partial charge in [0.2, 0.25) is 11.7 Å². The number of furan rings is 1. The molecule has 3 heterocycles. The van der Waals surface area contributed by atoms with E-state index < -0.39 is 0 Å². The van der Waals surface area contributed by atoms with Crippen molar-refractivity contribution in [1.29, 1.82) is 0 Å². The molecule has 0 bridgehead atoms. The lowest BCUT2D eigenvalue weighted by molar-refractivity contribution is -0.113. The van der Waals surface area contributed by atoms with E-state index in [4.69, 9.17) is 4.42 Å². The molecule has 0 spiro atoms. The Morgan fingerprint density at radius 1 is 1.22 bits per heavy atom. The monoisotopic (exact) mass is 450 g/mol. The third kappa shape index (κ3) is 4.04. The predicted molar refractivity (Wildman–Crippen MR) is 123 cm³/mol. The second-order valence-corrected chi connectivity index (χ2v) is 7.90. The maximum absolute atomic E-state index is 13.0. The number of thioether (sulfide) groups is 1. The number of hydrogen-bond acceptors (Lipinski definition) is 6. The van der Waals surface area contributed by atoms with E-state index in [1.54, 1.807) is 43.1 Å². The van der Waals surface area contributed by atoms with Crippen LogP contribution in [0.25, 0.3) is 17.3 Å². The van der Waals surface area contributed by atoms with E-state index in [1.807, 2.05) is 34.9 Å². The summed E-state index contributed by atoms with van der Waals surface area (Å²) < 4.78 is 10.5. The summed E-state index contributed by atoms with van der Waals surface area (Å²) in [6, 6.07) is 12.8. The minimum absolute atomic E-state index is 0.0620. The summed E-state index contributed by atoms with van der Waals surface area (Å²) in [6.07, 6.45) is 3.28. The number of nitrogens with zero attached hydrogens (tertiary/aromatic N) is 5. The highest BCUT2D eigenvalue weighted by Crippen LogP contribution is 2.24. The second kappa shape index (κ2) is 9.15. The van der Waals surface area contributed by atoms with Gasteiger partial charge in [0.25, 0.3) is 5.56 Å². The van der Waals surface area contributed by atoms with Crippen LogP contribution in [0, 0.1) is 6.92 Å². The van der Waals surface area contributed by atoms with Crippen molar-refractivity contribution in [3.63, 3.8) is 0 Å². The molecule has 0 aliphatic rings. The summed E-state index contributed by atoms with van der Waals surface area (Å²) in [5.41, 5.74) is 1.35. The lowest BCUT2D eigenvalue weighted by Gasteiger charge is -2.07. The molecule has 32 heavy (non-hydrogen) atoms. The van der Waals surface area contributed by atoms with Crippen molar-refractivity contribution in [1.82, 2.24) is 24.1 Å². The molecule has 1 aromatic carbocycles. The van der Waals surface area contributed by atoms with Crippen LogP contribution in [0.5, 0.6) is 0 Å². The Morgan fingerprint density at radius 2 is 2.00 bits per heavy atom. The molecule has 0 aliphatic heterocycles. The molecule has 0 saturated carbocycles. The summed E-state index contributed by atoms with van der Waals surface area (Å²) in [5.74, 6) is 0.889. The van der Waals surface area contributed by atoms with E-state index in [9.17, 15) is 9.59 Å². The third-order valence-corrected chi connectivity index (χ3v) is 5.89. The zero-order valence-electron chi connectivity index (χ0n) is 17.7. The van der Waals surface area contributed by atoms with E-state index in [0.717, 1.165) is 5.69 Å². The van der Waals surface area contributed by atoms with Gasteiger partial charge in [-0.3, -0.25) is 18.8 Å². The number of hydrogen-bond donors (Lipinski definition) is 1. The first-order chi connectivity index (χ1) is 15.5. The van der Waals surface area contributed by atoms with Crippen molar-refractivity contribution >= 4 is 23.4 Å². The summed E-state index contributed by atoms with van der Waals surface area (Å²) in [6.45, 7) is 6.03. The molecule has 0 saturated heterocycles. The Morgan fingerprint density at radius 3 is 2.69 bits per heavy atom.